The Morgan fingerprint density at radius 2 is 2.00 bits per heavy atom. The summed E-state index contributed by atoms with van der Waals surface area (Å²) >= 11 is 15.5. The van der Waals surface area contributed by atoms with Crippen LogP contribution in [-0.2, 0) is 17.0 Å². The molecule has 0 aliphatic carbocycles. The summed E-state index contributed by atoms with van der Waals surface area (Å²) in [6.45, 7) is 0.482. The molecule has 1 aromatic carbocycles. The van der Waals surface area contributed by atoms with Crippen molar-refractivity contribution in [2.24, 2.45) is 0 Å². The Hall–Kier alpha value is -1.99. The summed E-state index contributed by atoms with van der Waals surface area (Å²) in [4.78, 5) is 16.3. The first kappa shape index (κ1) is 21.7. The number of pyridine rings is 1. The number of thioether (sulfide) groups is 1. The van der Waals surface area contributed by atoms with Gasteiger partial charge in [-0.2, -0.15) is 11.3 Å². The van der Waals surface area contributed by atoms with Crippen molar-refractivity contribution < 1.29 is 14.6 Å². The summed E-state index contributed by atoms with van der Waals surface area (Å²) in [6.07, 6.45) is 3.27. The Morgan fingerprint density at radius 1 is 1.21 bits per heavy atom. The number of hydrogen-bond donors (Lipinski definition) is 1. The van der Waals surface area contributed by atoms with Crippen LogP contribution in [0.2, 0.25) is 10.0 Å². The molecule has 0 radical (unpaired) electrons. The standard InChI is InChI=1S/C21H17Cl2NO3S2/c22-16-2-1-3-17(23)21(16)29-13-15-4-6-19(18(24-15)5-7-20(25)26)27-10-8-14-9-11-28-12-14/h1-7,9,11-12H,8,10,13H2,(H,25,26). The number of benzene rings is 1. The van der Waals surface area contributed by atoms with Gasteiger partial charge in [0, 0.05) is 23.1 Å². The van der Waals surface area contributed by atoms with E-state index < -0.39 is 5.97 Å². The van der Waals surface area contributed by atoms with E-state index in [9.17, 15) is 4.79 Å². The molecule has 3 rings (SSSR count). The van der Waals surface area contributed by atoms with Gasteiger partial charge in [0.15, 0.2) is 0 Å². The van der Waals surface area contributed by atoms with Crippen LogP contribution >= 0.6 is 46.3 Å². The number of aliphatic carboxylic acids is 1. The predicted octanol–water partition coefficient (Wildman–Crippen LogP) is 6.46. The highest BCUT2D eigenvalue weighted by atomic mass is 35.5. The van der Waals surface area contributed by atoms with Crippen molar-refractivity contribution in [3.63, 3.8) is 0 Å². The quantitative estimate of drug-likeness (QED) is 0.290. The molecule has 0 fully saturated rings. The fraction of sp³-hybridized carbons (Fsp3) is 0.143. The largest absolute Gasteiger partial charge is 0.491 e. The first-order chi connectivity index (χ1) is 14.0. The molecule has 0 saturated carbocycles. The maximum atomic E-state index is 10.9. The van der Waals surface area contributed by atoms with Gasteiger partial charge in [-0.1, -0.05) is 29.3 Å². The molecule has 0 saturated heterocycles. The van der Waals surface area contributed by atoms with Crippen LogP contribution in [0.25, 0.3) is 6.08 Å². The number of nitrogens with zero attached hydrogens (tertiary/aromatic N) is 1. The Balaban J connectivity index is 1.73. The Bertz CT molecular complexity index is 987. The number of halogens is 2. The molecule has 0 atom stereocenters. The van der Waals surface area contributed by atoms with Gasteiger partial charge in [-0.3, -0.25) is 0 Å². The highest BCUT2D eigenvalue weighted by molar-refractivity contribution is 7.98. The van der Waals surface area contributed by atoms with Gasteiger partial charge in [0.05, 0.1) is 22.3 Å². The van der Waals surface area contributed by atoms with Crippen LogP contribution in [0.1, 0.15) is 17.0 Å². The van der Waals surface area contributed by atoms with Gasteiger partial charge < -0.3 is 9.84 Å². The number of thiophene rings is 1. The van der Waals surface area contributed by atoms with Crippen molar-refractivity contribution in [2.45, 2.75) is 17.1 Å². The minimum atomic E-state index is -1.04. The van der Waals surface area contributed by atoms with Crippen molar-refractivity contribution in [3.05, 3.63) is 80.2 Å². The van der Waals surface area contributed by atoms with Crippen LogP contribution in [0.4, 0.5) is 0 Å². The zero-order chi connectivity index (χ0) is 20.6. The molecule has 29 heavy (non-hydrogen) atoms. The summed E-state index contributed by atoms with van der Waals surface area (Å²) in [5, 5.41) is 14.2. The van der Waals surface area contributed by atoms with Crippen LogP contribution in [-0.4, -0.2) is 22.7 Å². The molecule has 0 unspecified atom stereocenters. The number of hydrogen-bond acceptors (Lipinski definition) is 5. The van der Waals surface area contributed by atoms with Gasteiger partial charge in [0.1, 0.15) is 11.4 Å². The zero-order valence-electron chi connectivity index (χ0n) is 15.2. The molecule has 0 spiro atoms. The van der Waals surface area contributed by atoms with E-state index in [1.165, 1.54) is 23.4 Å². The van der Waals surface area contributed by atoms with Crippen LogP contribution in [0.5, 0.6) is 5.75 Å². The molecule has 0 amide bonds. The Labute approximate surface area is 187 Å². The summed E-state index contributed by atoms with van der Waals surface area (Å²) in [5.74, 6) is 0.0351. The molecule has 0 aliphatic rings. The fourth-order valence-corrected chi connectivity index (χ4v) is 4.75. The lowest BCUT2D eigenvalue weighted by Crippen LogP contribution is -2.04. The second-order valence-corrected chi connectivity index (χ2v) is 8.51. The van der Waals surface area contributed by atoms with E-state index in [1.807, 2.05) is 17.5 Å². The smallest absolute Gasteiger partial charge is 0.328 e. The maximum absolute atomic E-state index is 10.9. The van der Waals surface area contributed by atoms with E-state index >= 15 is 0 Å². The van der Waals surface area contributed by atoms with Crippen molar-refractivity contribution in [3.8, 4) is 5.75 Å². The van der Waals surface area contributed by atoms with Gasteiger partial charge >= 0.3 is 5.97 Å². The van der Waals surface area contributed by atoms with Crippen LogP contribution in [0, 0.1) is 0 Å². The van der Waals surface area contributed by atoms with Crippen LogP contribution in [0.3, 0.4) is 0 Å². The van der Waals surface area contributed by atoms with Crippen molar-refractivity contribution >= 4 is 58.3 Å². The lowest BCUT2D eigenvalue weighted by molar-refractivity contribution is -0.131. The highest BCUT2D eigenvalue weighted by Crippen LogP contribution is 2.35. The van der Waals surface area contributed by atoms with Crippen LogP contribution < -0.4 is 4.74 Å². The monoisotopic (exact) mass is 465 g/mol. The van der Waals surface area contributed by atoms with Gasteiger partial charge in [0.25, 0.3) is 0 Å². The molecule has 4 nitrogen and oxygen atoms in total. The normalized spacial score (nSPS) is 11.1. The molecule has 0 aliphatic heterocycles. The van der Waals surface area contributed by atoms with E-state index in [2.05, 4.69) is 16.4 Å². The summed E-state index contributed by atoms with van der Waals surface area (Å²) in [6, 6.07) is 11.1. The lowest BCUT2D eigenvalue weighted by Gasteiger charge is -2.11. The fourth-order valence-electron chi connectivity index (χ4n) is 2.46. The maximum Gasteiger partial charge on any atom is 0.328 e. The minimum Gasteiger partial charge on any atom is -0.491 e. The lowest BCUT2D eigenvalue weighted by atomic mass is 10.2. The second-order valence-electron chi connectivity index (χ2n) is 5.93. The van der Waals surface area contributed by atoms with Gasteiger partial charge in [-0.25, -0.2) is 9.78 Å². The summed E-state index contributed by atoms with van der Waals surface area (Å²) in [5.41, 5.74) is 2.44. The van der Waals surface area contributed by atoms with Gasteiger partial charge in [-0.05, 0) is 52.7 Å². The molecule has 150 valence electrons. The highest BCUT2D eigenvalue weighted by Gasteiger charge is 2.10. The number of carboxylic acids is 1. The third-order valence-corrected chi connectivity index (χ3v) is 6.59. The molecule has 1 N–H and O–H groups in total. The Morgan fingerprint density at radius 3 is 2.69 bits per heavy atom. The number of rotatable bonds is 9. The van der Waals surface area contributed by atoms with E-state index in [0.717, 1.165) is 23.1 Å². The topological polar surface area (TPSA) is 59.4 Å². The molecule has 8 heteroatoms. The average molecular weight is 466 g/mol. The van der Waals surface area contributed by atoms with Crippen LogP contribution in [0.15, 0.2) is 58.1 Å². The first-order valence-corrected chi connectivity index (χ1v) is 11.3. The third-order valence-electron chi connectivity index (χ3n) is 3.84. The molecular weight excluding hydrogens is 449 g/mol. The SMILES string of the molecule is O=C(O)C=Cc1nc(CSc2c(Cl)cccc2Cl)ccc1OCCc1ccsc1. The van der Waals surface area contributed by atoms with Crippen molar-refractivity contribution in [1.82, 2.24) is 4.98 Å². The molecule has 3 aromatic rings. The minimum absolute atomic E-state index is 0.473. The van der Waals surface area contributed by atoms with Gasteiger partial charge in [0.2, 0.25) is 0 Å². The third kappa shape index (κ3) is 6.51. The number of carbonyl (C=O) groups is 1. The molecule has 0 bridgehead atoms. The molecule has 2 heterocycles. The van der Waals surface area contributed by atoms with E-state index in [0.29, 0.717) is 33.8 Å². The average Bonchev–Trinajstić information content (AvgIpc) is 3.20. The number of aromatic nitrogens is 1. The number of ether oxygens (including phenoxy) is 1. The second kappa shape index (κ2) is 10.7. The van der Waals surface area contributed by atoms with E-state index in [1.54, 1.807) is 29.5 Å². The Kier molecular flexibility index (Phi) is 8.00. The van der Waals surface area contributed by atoms with Gasteiger partial charge in [-0.15, -0.1) is 11.8 Å². The molecule has 2 aromatic heterocycles. The van der Waals surface area contributed by atoms with Crippen molar-refractivity contribution in [2.75, 3.05) is 6.61 Å². The summed E-state index contributed by atoms with van der Waals surface area (Å²) < 4.78 is 5.85. The van der Waals surface area contributed by atoms with E-state index in [4.69, 9.17) is 33.0 Å². The number of carboxylic acid groups (broad SMARTS) is 1. The van der Waals surface area contributed by atoms with Crippen molar-refractivity contribution in [1.29, 1.82) is 0 Å². The predicted molar refractivity (Wildman–Crippen MR) is 120 cm³/mol. The first-order valence-electron chi connectivity index (χ1n) is 8.64. The zero-order valence-corrected chi connectivity index (χ0v) is 18.3. The molecular formula is C21H17Cl2NO3S2. The van der Waals surface area contributed by atoms with E-state index in [-0.39, 0.29) is 0 Å². The summed E-state index contributed by atoms with van der Waals surface area (Å²) in [7, 11) is 0.